The van der Waals surface area contributed by atoms with Crippen molar-refractivity contribution >= 4 is 23.4 Å². The van der Waals surface area contributed by atoms with Gasteiger partial charge in [0.15, 0.2) is 6.35 Å². The molecule has 0 radical (unpaired) electrons. The van der Waals surface area contributed by atoms with Crippen molar-refractivity contribution in [2.24, 2.45) is 5.92 Å². The Morgan fingerprint density at radius 3 is 2.09 bits per heavy atom. The molecular weight excluding hydrogens is 432 g/mol. The van der Waals surface area contributed by atoms with Gasteiger partial charge in [-0.15, -0.1) is 0 Å². The van der Waals surface area contributed by atoms with Gasteiger partial charge in [-0.1, -0.05) is 36.4 Å². The number of carboxylic acid groups (broad SMARTS) is 1. The molecule has 1 saturated carbocycles. The van der Waals surface area contributed by atoms with Gasteiger partial charge in [-0.2, -0.15) is 0 Å². The van der Waals surface area contributed by atoms with Gasteiger partial charge >= 0.3 is 12.0 Å². The van der Waals surface area contributed by atoms with Crippen LogP contribution < -0.4 is 4.90 Å². The molecule has 2 aromatic rings. The molecule has 2 heterocycles. The number of urea groups is 1. The maximum Gasteiger partial charge on any atom is 0.323 e. The van der Waals surface area contributed by atoms with Gasteiger partial charge in [-0.25, -0.2) is 9.69 Å². The Hall–Kier alpha value is -3.10. The molecule has 2 saturated heterocycles. The Balaban J connectivity index is 1.45. The SMILES string of the molecule is CN(CC1CC1)C(=O)N1[C@H]2CC[C@@H]1[C@@H](C(=O)O)N(C(O)N(c1ccccc1)c1ccccc1)C2. The highest BCUT2D eigenvalue weighted by atomic mass is 16.4. The maximum atomic E-state index is 13.3. The first-order valence-electron chi connectivity index (χ1n) is 12.0. The molecule has 4 atom stereocenters. The highest BCUT2D eigenvalue weighted by molar-refractivity contribution is 5.80. The summed E-state index contributed by atoms with van der Waals surface area (Å²) in [5.74, 6) is -0.455. The largest absolute Gasteiger partial charge is 0.480 e. The number of amides is 2. The van der Waals surface area contributed by atoms with Crippen LogP contribution in [0, 0.1) is 5.92 Å². The Bertz CT molecular complexity index is 976. The van der Waals surface area contributed by atoms with Gasteiger partial charge in [0.2, 0.25) is 0 Å². The van der Waals surface area contributed by atoms with Crippen LogP contribution in [0.3, 0.4) is 0 Å². The summed E-state index contributed by atoms with van der Waals surface area (Å²) in [5.41, 5.74) is 1.53. The van der Waals surface area contributed by atoms with E-state index in [2.05, 4.69) is 0 Å². The minimum Gasteiger partial charge on any atom is -0.480 e. The Morgan fingerprint density at radius 1 is 0.971 bits per heavy atom. The minimum atomic E-state index is -1.20. The lowest BCUT2D eigenvalue weighted by atomic mass is 10.0. The number of aliphatic hydroxyl groups is 1. The lowest BCUT2D eigenvalue weighted by molar-refractivity contribution is -0.156. The van der Waals surface area contributed by atoms with E-state index in [4.69, 9.17) is 0 Å². The van der Waals surface area contributed by atoms with E-state index in [0.29, 0.717) is 25.4 Å². The van der Waals surface area contributed by atoms with Crippen LogP contribution in [0.4, 0.5) is 16.2 Å². The van der Waals surface area contributed by atoms with E-state index in [0.717, 1.165) is 30.6 Å². The topological polar surface area (TPSA) is 87.6 Å². The number of nitrogens with zero attached hydrogens (tertiary/aromatic N) is 4. The molecule has 180 valence electrons. The van der Waals surface area contributed by atoms with Gasteiger partial charge in [0.25, 0.3) is 0 Å². The summed E-state index contributed by atoms with van der Waals surface area (Å²) in [6.45, 7) is 1.02. The molecule has 0 spiro atoms. The van der Waals surface area contributed by atoms with Crippen molar-refractivity contribution in [3.05, 3.63) is 60.7 Å². The van der Waals surface area contributed by atoms with Crippen molar-refractivity contribution in [1.82, 2.24) is 14.7 Å². The van der Waals surface area contributed by atoms with Crippen molar-refractivity contribution in [3.8, 4) is 0 Å². The van der Waals surface area contributed by atoms with Crippen LogP contribution >= 0.6 is 0 Å². The van der Waals surface area contributed by atoms with E-state index in [1.54, 1.807) is 19.6 Å². The van der Waals surface area contributed by atoms with Crippen molar-refractivity contribution in [2.75, 3.05) is 25.0 Å². The van der Waals surface area contributed by atoms with E-state index in [1.165, 1.54) is 0 Å². The number of benzene rings is 2. The van der Waals surface area contributed by atoms with Gasteiger partial charge in [0.1, 0.15) is 6.04 Å². The molecule has 8 nitrogen and oxygen atoms in total. The average Bonchev–Trinajstić information content (AvgIpc) is 3.61. The number of piperazine rings is 1. The van der Waals surface area contributed by atoms with Crippen molar-refractivity contribution in [3.63, 3.8) is 0 Å². The molecule has 3 fully saturated rings. The standard InChI is InChI=1S/C26H32N4O4/c1-27(16-18-12-13-18)25(33)30-21-14-15-22(30)23(24(31)32)28(17-21)26(34)29(19-8-4-2-5-9-19)20-10-6-3-7-11-20/h2-11,18,21-23,26,34H,12-17H2,1H3,(H,31,32)/t21-,22+,23-,26?/m0/s1. The number of likely N-dealkylation sites (tertiary alicyclic amines) is 1. The molecule has 2 bridgehead atoms. The molecular formula is C26H32N4O4. The smallest absolute Gasteiger partial charge is 0.323 e. The molecule has 1 aliphatic carbocycles. The summed E-state index contributed by atoms with van der Waals surface area (Å²) >= 11 is 0. The average molecular weight is 465 g/mol. The van der Waals surface area contributed by atoms with Crippen molar-refractivity contribution in [2.45, 2.75) is 50.2 Å². The Morgan fingerprint density at radius 2 is 1.56 bits per heavy atom. The second-order valence-electron chi connectivity index (χ2n) is 9.68. The van der Waals surface area contributed by atoms with Crippen LogP contribution in [-0.2, 0) is 4.79 Å². The first-order chi connectivity index (χ1) is 16.5. The van der Waals surface area contributed by atoms with Crippen LogP contribution in [0.2, 0.25) is 0 Å². The third kappa shape index (κ3) is 4.23. The number of aliphatic carboxylic acids is 1. The molecule has 2 amide bonds. The number of hydrogen-bond donors (Lipinski definition) is 2. The van der Waals surface area contributed by atoms with Crippen LogP contribution in [0.5, 0.6) is 0 Å². The summed E-state index contributed by atoms with van der Waals surface area (Å²) < 4.78 is 0. The van der Waals surface area contributed by atoms with Crippen LogP contribution in [-0.4, -0.2) is 81.5 Å². The monoisotopic (exact) mass is 464 g/mol. The van der Waals surface area contributed by atoms with Crippen molar-refractivity contribution < 1.29 is 19.8 Å². The molecule has 34 heavy (non-hydrogen) atoms. The van der Waals surface area contributed by atoms with Gasteiger partial charge in [0.05, 0.1) is 6.04 Å². The second kappa shape index (κ2) is 9.27. The Labute approximate surface area is 200 Å². The fraction of sp³-hybridized carbons (Fsp3) is 0.462. The van der Waals surface area contributed by atoms with E-state index >= 15 is 0 Å². The number of anilines is 2. The van der Waals surface area contributed by atoms with Crippen molar-refractivity contribution in [1.29, 1.82) is 0 Å². The zero-order chi connectivity index (χ0) is 23.8. The molecule has 3 aliphatic rings. The number of hydrogen-bond acceptors (Lipinski definition) is 5. The third-order valence-electron chi connectivity index (χ3n) is 7.32. The van der Waals surface area contributed by atoms with Crippen LogP contribution in [0.25, 0.3) is 0 Å². The van der Waals surface area contributed by atoms with Crippen LogP contribution in [0.15, 0.2) is 60.7 Å². The molecule has 8 heteroatoms. The zero-order valence-electron chi connectivity index (χ0n) is 19.4. The van der Waals surface area contributed by atoms with E-state index < -0.39 is 24.4 Å². The van der Waals surface area contributed by atoms with Gasteiger partial charge < -0.3 is 24.9 Å². The minimum absolute atomic E-state index is 0.0947. The summed E-state index contributed by atoms with van der Waals surface area (Å²) in [4.78, 5) is 32.8. The summed E-state index contributed by atoms with van der Waals surface area (Å²) in [7, 11) is 1.81. The highest BCUT2D eigenvalue weighted by Gasteiger charge is 2.54. The molecule has 1 unspecified atom stereocenters. The Kier molecular flexibility index (Phi) is 6.18. The predicted octanol–water partition coefficient (Wildman–Crippen LogP) is 3.16. The van der Waals surface area contributed by atoms with Gasteiger partial charge in [-0.3, -0.25) is 4.79 Å². The molecule has 5 rings (SSSR count). The van der Waals surface area contributed by atoms with E-state index in [-0.39, 0.29) is 12.1 Å². The van der Waals surface area contributed by atoms with E-state index in [1.807, 2.05) is 67.7 Å². The number of aliphatic hydroxyl groups excluding tert-OH is 1. The number of para-hydroxylation sites is 2. The highest BCUT2D eigenvalue weighted by Crippen LogP contribution is 2.39. The fourth-order valence-electron chi connectivity index (χ4n) is 5.53. The fourth-order valence-corrected chi connectivity index (χ4v) is 5.53. The van der Waals surface area contributed by atoms with Gasteiger partial charge in [0, 0.05) is 37.6 Å². The zero-order valence-corrected chi connectivity index (χ0v) is 19.4. The molecule has 2 aromatic carbocycles. The summed E-state index contributed by atoms with van der Waals surface area (Å²) in [6.07, 6.45) is 2.45. The number of rotatable bonds is 7. The van der Waals surface area contributed by atoms with Gasteiger partial charge in [-0.05, 0) is 55.9 Å². The lowest BCUT2D eigenvalue weighted by Crippen LogP contribution is -2.68. The van der Waals surface area contributed by atoms with E-state index in [9.17, 15) is 19.8 Å². The molecule has 2 aliphatic heterocycles. The quantitative estimate of drug-likeness (QED) is 0.612. The molecule has 2 N–H and O–H groups in total. The normalized spacial score (nSPS) is 25.1. The first kappa shape index (κ1) is 22.7. The summed E-state index contributed by atoms with van der Waals surface area (Å²) in [5, 5.41) is 21.9. The lowest BCUT2D eigenvalue weighted by Gasteiger charge is -2.49. The predicted molar refractivity (Wildman–Crippen MR) is 129 cm³/mol. The number of carboxylic acids is 1. The maximum absolute atomic E-state index is 13.3. The molecule has 0 aromatic heterocycles. The number of carbonyl (C=O) groups excluding carboxylic acids is 1. The summed E-state index contributed by atoms with van der Waals surface area (Å²) in [6, 6.07) is 17.3. The second-order valence-corrected chi connectivity index (χ2v) is 9.68. The van der Waals surface area contributed by atoms with Crippen LogP contribution in [0.1, 0.15) is 25.7 Å². The number of fused-ring (bicyclic) bond motifs is 2. The number of carbonyl (C=O) groups is 2. The first-order valence-corrected chi connectivity index (χ1v) is 12.0. The third-order valence-corrected chi connectivity index (χ3v) is 7.32.